The van der Waals surface area contributed by atoms with Gasteiger partial charge >= 0.3 is 0 Å². The zero-order valence-electron chi connectivity index (χ0n) is 10.8. The van der Waals surface area contributed by atoms with Gasteiger partial charge in [-0.05, 0) is 40.5 Å². The van der Waals surface area contributed by atoms with Crippen molar-refractivity contribution in [1.82, 2.24) is 9.38 Å². The van der Waals surface area contributed by atoms with Crippen LogP contribution >= 0.6 is 15.9 Å². The molecule has 19 heavy (non-hydrogen) atoms. The molecule has 3 rings (SSSR count). The van der Waals surface area contributed by atoms with E-state index in [1.54, 1.807) is 0 Å². The maximum Gasteiger partial charge on any atom is 0.146 e. The van der Waals surface area contributed by atoms with Crippen LogP contribution in [0.5, 0.6) is 0 Å². The molecule has 0 unspecified atom stereocenters. The van der Waals surface area contributed by atoms with Gasteiger partial charge in [-0.25, -0.2) is 4.98 Å². The molecule has 0 aliphatic carbocycles. The van der Waals surface area contributed by atoms with Gasteiger partial charge in [0.05, 0.1) is 5.52 Å². The zero-order chi connectivity index (χ0) is 13.4. The number of rotatable bonds is 2. The molecular formula is C15H14BrN3. The molecule has 0 amide bonds. The smallest absolute Gasteiger partial charge is 0.146 e. The van der Waals surface area contributed by atoms with E-state index in [1.807, 2.05) is 31.4 Å². The fraction of sp³-hybridized carbons (Fsp3) is 0.133. The van der Waals surface area contributed by atoms with E-state index in [-0.39, 0.29) is 0 Å². The summed E-state index contributed by atoms with van der Waals surface area (Å²) in [6.45, 7) is 2.10. The first-order valence-electron chi connectivity index (χ1n) is 6.12. The molecule has 3 aromatic rings. The largest absolute Gasteiger partial charge is 0.388 e. The van der Waals surface area contributed by atoms with Crippen LogP contribution in [0.1, 0.15) is 5.56 Å². The van der Waals surface area contributed by atoms with Crippen molar-refractivity contribution in [2.45, 2.75) is 6.92 Å². The van der Waals surface area contributed by atoms with Gasteiger partial charge in [-0.1, -0.05) is 24.3 Å². The third-order valence-corrected chi connectivity index (χ3v) is 3.86. The summed E-state index contributed by atoms with van der Waals surface area (Å²) < 4.78 is 2.97. The van der Waals surface area contributed by atoms with Crippen LogP contribution < -0.4 is 5.32 Å². The summed E-state index contributed by atoms with van der Waals surface area (Å²) in [6, 6.07) is 12.4. The Kier molecular flexibility index (Phi) is 3.03. The van der Waals surface area contributed by atoms with E-state index in [0.717, 1.165) is 27.2 Å². The highest BCUT2D eigenvalue weighted by Crippen LogP contribution is 2.29. The summed E-state index contributed by atoms with van der Waals surface area (Å²) in [5, 5.41) is 3.14. The van der Waals surface area contributed by atoms with Gasteiger partial charge in [-0.3, -0.25) is 4.40 Å². The molecule has 0 bridgehead atoms. The SMILES string of the molecule is CNc1ccn2c(-c3ccccc3C)nc(Br)c2c1. The molecule has 0 atom stereocenters. The van der Waals surface area contributed by atoms with Crippen molar-refractivity contribution in [3.05, 3.63) is 52.8 Å². The fourth-order valence-corrected chi connectivity index (χ4v) is 2.69. The third kappa shape index (κ3) is 2.02. The molecule has 0 aliphatic heterocycles. The van der Waals surface area contributed by atoms with Crippen LogP contribution in [0.3, 0.4) is 0 Å². The Morgan fingerprint density at radius 3 is 2.74 bits per heavy atom. The maximum absolute atomic E-state index is 4.65. The summed E-state index contributed by atoms with van der Waals surface area (Å²) in [7, 11) is 1.92. The molecule has 2 aromatic heterocycles. The minimum Gasteiger partial charge on any atom is -0.388 e. The predicted molar refractivity (Wildman–Crippen MR) is 82.6 cm³/mol. The van der Waals surface area contributed by atoms with Crippen molar-refractivity contribution >= 4 is 27.1 Å². The number of aromatic nitrogens is 2. The highest BCUT2D eigenvalue weighted by Gasteiger charge is 2.12. The number of anilines is 1. The molecule has 96 valence electrons. The Labute approximate surface area is 120 Å². The number of hydrogen-bond acceptors (Lipinski definition) is 2. The number of imidazole rings is 1. The number of halogens is 1. The normalized spacial score (nSPS) is 10.9. The maximum atomic E-state index is 4.65. The Morgan fingerprint density at radius 1 is 1.21 bits per heavy atom. The van der Waals surface area contributed by atoms with Crippen molar-refractivity contribution in [3.63, 3.8) is 0 Å². The highest BCUT2D eigenvalue weighted by molar-refractivity contribution is 9.10. The molecule has 3 nitrogen and oxygen atoms in total. The molecule has 1 N–H and O–H groups in total. The van der Waals surface area contributed by atoms with Gasteiger partial charge in [0, 0.05) is 24.5 Å². The van der Waals surface area contributed by atoms with E-state index in [1.165, 1.54) is 5.56 Å². The molecule has 0 fully saturated rings. The van der Waals surface area contributed by atoms with Crippen molar-refractivity contribution in [3.8, 4) is 11.4 Å². The van der Waals surface area contributed by atoms with Gasteiger partial charge in [-0.2, -0.15) is 0 Å². The predicted octanol–water partition coefficient (Wildman–Crippen LogP) is 4.11. The summed E-state index contributed by atoms with van der Waals surface area (Å²) in [4.78, 5) is 4.65. The number of nitrogens with zero attached hydrogens (tertiary/aromatic N) is 2. The molecule has 2 heterocycles. The van der Waals surface area contributed by atoms with E-state index < -0.39 is 0 Å². The molecule has 0 spiro atoms. The molecule has 0 saturated heterocycles. The quantitative estimate of drug-likeness (QED) is 0.771. The molecule has 1 aromatic carbocycles. The number of nitrogens with one attached hydrogen (secondary N) is 1. The number of hydrogen-bond donors (Lipinski definition) is 1. The first-order valence-corrected chi connectivity index (χ1v) is 6.91. The Bertz CT molecular complexity index is 746. The van der Waals surface area contributed by atoms with Crippen molar-refractivity contribution in [2.24, 2.45) is 0 Å². The molecule has 0 radical (unpaired) electrons. The first kappa shape index (κ1) is 12.2. The second-order valence-corrected chi connectivity index (χ2v) is 5.21. The van der Waals surface area contributed by atoms with Crippen LogP contribution in [-0.4, -0.2) is 16.4 Å². The van der Waals surface area contributed by atoms with Gasteiger partial charge in [0.25, 0.3) is 0 Å². The number of fused-ring (bicyclic) bond motifs is 1. The molecular weight excluding hydrogens is 302 g/mol. The average molecular weight is 316 g/mol. The molecule has 0 aliphatic rings. The summed E-state index contributed by atoms with van der Waals surface area (Å²) in [6.07, 6.45) is 2.04. The van der Waals surface area contributed by atoms with Crippen LogP contribution in [0.2, 0.25) is 0 Å². The van der Waals surface area contributed by atoms with Crippen molar-refractivity contribution in [2.75, 3.05) is 12.4 Å². The van der Waals surface area contributed by atoms with Gasteiger partial charge in [0.15, 0.2) is 0 Å². The van der Waals surface area contributed by atoms with E-state index in [9.17, 15) is 0 Å². The first-order chi connectivity index (χ1) is 9.20. The summed E-state index contributed by atoms with van der Waals surface area (Å²) >= 11 is 3.54. The van der Waals surface area contributed by atoms with Crippen LogP contribution in [0.4, 0.5) is 5.69 Å². The number of pyridine rings is 1. The minimum atomic E-state index is 0.864. The highest BCUT2D eigenvalue weighted by atomic mass is 79.9. The average Bonchev–Trinajstić information content (AvgIpc) is 2.76. The Balaban J connectivity index is 2.29. The van der Waals surface area contributed by atoms with Crippen LogP contribution in [0.15, 0.2) is 47.2 Å². The lowest BCUT2D eigenvalue weighted by atomic mass is 10.1. The van der Waals surface area contributed by atoms with Gasteiger partial charge in [-0.15, -0.1) is 0 Å². The van der Waals surface area contributed by atoms with E-state index >= 15 is 0 Å². The van der Waals surface area contributed by atoms with Gasteiger partial charge < -0.3 is 5.32 Å². The topological polar surface area (TPSA) is 29.3 Å². The zero-order valence-corrected chi connectivity index (χ0v) is 12.4. The lowest BCUT2D eigenvalue weighted by molar-refractivity contribution is 1.15. The number of aryl methyl sites for hydroxylation is 1. The number of benzene rings is 1. The standard InChI is InChI=1S/C15H14BrN3/c1-10-5-3-4-6-12(10)15-18-14(16)13-9-11(17-2)7-8-19(13)15/h3-9,17H,1-2H3. The van der Waals surface area contributed by atoms with Crippen molar-refractivity contribution < 1.29 is 0 Å². The second kappa shape index (κ2) is 4.70. The lowest BCUT2D eigenvalue weighted by Gasteiger charge is -2.06. The lowest BCUT2D eigenvalue weighted by Crippen LogP contribution is -1.93. The van der Waals surface area contributed by atoms with Crippen LogP contribution in [0.25, 0.3) is 16.9 Å². The second-order valence-electron chi connectivity index (χ2n) is 4.46. The fourth-order valence-electron chi connectivity index (χ4n) is 2.22. The van der Waals surface area contributed by atoms with Crippen LogP contribution in [0, 0.1) is 6.92 Å². The van der Waals surface area contributed by atoms with E-state index in [2.05, 4.69) is 55.8 Å². The van der Waals surface area contributed by atoms with Gasteiger partial charge in [0.2, 0.25) is 0 Å². The Morgan fingerprint density at radius 2 is 2.00 bits per heavy atom. The minimum absolute atomic E-state index is 0.864. The van der Waals surface area contributed by atoms with E-state index in [4.69, 9.17) is 0 Å². The molecule has 0 saturated carbocycles. The Hall–Kier alpha value is -1.81. The van der Waals surface area contributed by atoms with E-state index in [0.29, 0.717) is 0 Å². The van der Waals surface area contributed by atoms with Crippen molar-refractivity contribution in [1.29, 1.82) is 0 Å². The third-order valence-electron chi connectivity index (χ3n) is 3.27. The monoisotopic (exact) mass is 315 g/mol. The van der Waals surface area contributed by atoms with Gasteiger partial charge in [0.1, 0.15) is 10.4 Å². The van der Waals surface area contributed by atoms with Crippen LogP contribution in [-0.2, 0) is 0 Å². The summed E-state index contributed by atoms with van der Waals surface area (Å²) in [5.74, 6) is 0.961. The summed E-state index contributed by atoms with van der Waals surface area (Å²) in [5.41, 5.74) is 4.51. The molecule has 4 heteroatoms.